The van der Waals surface area contributed by atoms with Gasteiger partial charge < -0.3 is 20.0 Å². The van der Waals surface area contributed by atoms with Crippen LogP contribution in [0.25, 0.3) is 0 Å². The van der Waals surface area contributed by atoms with Crippen LogP contribution in [0, 0.1) is 0 Å². The van der Waals surface area contributed by atoms with Crippen molar-refractivity contribution in [1.82, 2.24) is 9.80 Å². The van der Waals surface area contributed by atoms with Crippen molar-refractivity contribution in [3.63, 3.8) is 0 Å². The summed E-state index contributed by atoms with van der Waals surface area (Å²) in [5.41, 5.74) is 0.331. The lowest BCUT2D eigenvalue weighted by Crippen LogP contribution is -2.48. The Labute approximate surface area is 195 Å². The van der Waals surface area contributed by atoms with E-state index in [9.17, 15) is 34.2 Å². The number of fused-ring (bicyclic) bond motifs is 2. The maximum absolute atomic E-state index is 13.5. The average molecular weight is 464 g/mol. The summed E-state index contributed by atoms with van der Waals surface area (Å²) in [5, 5.41) is 18.7. The van der Waals surface area contributed by atoms with Crippen molar-refractivity contribution in [3.8, 4) is 0 Å². The average Bonchev–Trinajstić information content (AvgIpc) is 2.80. The second-order valence-electron chi connectivity index (χ2n) is 8.42. The molecule has 0 radical (unpaired) electrons. The minimum atomic E-state index is -1.21. The lowest BCUT2D eigenvalue weighted by atomic mass is 9.78. The zero-order valence-electron chi connectivity index (χ0n) is 18.7. The number of amides is 1. The van der Waals surface area contributed by atoms with Gasteiger partial charge in [-0.2, -0.15) is 0 Å². The third-order valence-electron chi connectivity index (χ3n) is 6.35. The van der Waals surface area contributed by atoms with Crippen molar-refractivity contribution >= 4 is 29.4 Å². The quantitative estimate of drug-likeness (QED) is 0.561. The molecular formula is C25H24N2O7. The van der Waals surface area contributed by atoms with Crippen LogP contribution in [0.2, 0.25) is 0 Å². The summed E-state index contributed by atoms with van der Waals surface area (Å²) in [5.74, 6) is -3.83. The van der Waals surface area contributed by atoms with Crippen LogP contribution in [0.3, 0.4) is 0 Å². The van der Waals surface area contributed by atoms with E-state index in [4.69, 9.17) is 0 Å². The highest BCUT2D eigenvalue weighted by atomic mass is 16.4. The Kier molecular flexibility index (Phi) is 6.30. The molecule has 9 nitrogen and oxygen atoms in total. The summed E-state index contributed by atoms with van der Waals surface area (Å²) in [7, 11) is 0. The van der Waals surface area contributed by atoms with Crippen LogP contribution in [-0.4, -0.2) is 82.1 Å². The van der Waals surface area contributed by atoms with Crippen LogP contribution in [0.5, 0.6) is 0 Å². The van der Waals surface area contributed by atoms with Gasteiger partial charge in [0, 0.05) is 54.0 Å². The zero-order valence-corrected chi connectivity index (χ0v) is 18.7. The van der Waals surface area contributed by atoms with Crippen LogP contribution in [0.15, 0.2) is 30.3 Å². The largest absolute Gasteiger partial charge is 0.481 e. The van der Waals surface area contributed by atoms with Crippen molar-refractivity contribution in [2.24, 2.45) is 0 Å². The maximum Gasteiger partial charge on any atom is 0.307 e. The molecule has 34 heavy (non-hydrogen) atoms. The van der Waals surface area contributed by atoms with Crippen molar-refractivity contribution in [3.05, 3.63) is 69.3 Å². The van der Waals surface area contributed by atoms with Gasteiger partial charge in [-0.1, -0.05) is 25.1 Å². The van der Waals surface area contributed by atoms with Gasteiger partial charge in [-0.05, 0) is 29.8 Å². The van der Waals surface area contributed by atoms with Crippen molar-refractivity contribution in [2.45, 2.75) is 19.8 Å². The van der Waals surface area contributed by atoms with Gasteiger partial charge in [-0.15, -0.1) is 0 Å². The number of hydrogen-bond acceptors (Lipinski definition) is 6. The summed E-state index contributed by atoms with van der Waals surface area (Å²) in [4.78, 5) is 66.8. The molecule has 1 aliphatic carbocycles. The molecule has 1 fully saturated rings. The van der Waals surface area contributed by atoms with E-state index < -0.39 is 36.3 Å². The summed E-state index contributed by atoms with van der Waals surface area (Å²) in [6.07, 6.45) is -1.01. The molecule has 0 spiro atoms. The zero-order chi connectivity index (χ0) is 24.6. The predicted molar refractivity (Wildman–Crippen MR) is 120 cm³/mol. The molecule has 0 atom stereocenters. The van der Waals surface area contributed by atoms with Crippen LogP contribution in [-0.2, 0) is 22.4 Å². The number of aliphatic carboxylic acids is 2. The minimum absolute atomic E-state index is 0.0243. The Morgan fingerprint density at radius 1 is 0.824 bits per heavy atom. The van der Waals surface area contributed by atoms with Gasteiger partial charge in [0.15, 0.2) is 11.6 Å². The molecule has 2 N–H and O–H groups in total. The van der Waals surface area contributed by atoms with E-state index in [0.717, 1.165) is 6.54 Å². The van der Waals surface area contributed by atoms with Crippen molar-refractivity contribution in [2.75, 3.05) is 32.7 Å². The summed E-state index contributed by atoms with van der Waals surface area (Å²) in [6.45, 7) is 5.36. The van der Waals surface area contributed by atoms with E-state index >= 15 is 0 Å². The first kappa shape index (κ1) is 23.3. The molecule has 2 aliphatic rings. The third-order valence-corrected chi connectivity index (χ3v) is 6.35. The highest BCUT2D eigenvalue weighted by molar-refractivity contribution is 6.30. The van der Waals surface area contributed by atoms with E-state index in [1.807, 2.05) is 6.92 Å². The van der Waals surface area contributed by atoms with E-state index in [1.165, 1.54) is 30.3 Å². The Bertz CT molecular complexity index is 1230. The first-order chi connectivity index (χ1) is 16.2. The van der Waals surface area contributed by atoms with E-state index in [0.29, 0.717) is 26.2 Å². The Balaban J connectivity index is 1.81. The molecule has 2 aromatic carbocycles. The van der Waals surface area contributed by atoms with Gasteiger partial charge in [-0.3, -0.25) is 24.0 Å². The second kappa shape index (κ2) is 9.18. The standard InChI is InChI=1S/C25H24N2O7/c1-2-26-6-8-27(9-7-26)25(34)16-10-15(13-20(30)31)22-18(11-16)23(32)17-5-3-4-14(12-19(28)29)21(17)24(22)33/h3-5,10-11H,2,6-9,12-13H2,1H3,(H,28,29)(H,30,31). The molecule has 0 bridgehead atoms. The molecule has 4 rings (SSSR count). The summed E-state index contributed by atoms with van der Waals surface area (Å²) < 4.78 is 0. The molecule has 1 saturated heterocycles. The van der Waals surface area contributed by atoms with Gasteiger partial charge in [0.1, 0.15) is 0 Å². The number of likely N-dealkylation sites (N-methyl/N-ethyl adjacent to an activating group) is 1. The van der Waals surface area contributed by atoms with Crippen LogP contribution >= 0.6 is 0 Å². The summed E-state index contributed by atoms with van der Waals surface area (Å²) >= 11 is 0. The van der Waals surface area contributed by atoms with Crippen LogP contribution in [0.1, 0.15) is 60.3 Å². The van der Waals surface area contributed by atoms with Gasteiger partial charge in [0.2, 0.25) is 0 Å². The van der Waals surface area contributed by atoms with Crippen molar-refractivity contribution < 1.29 is 34.2 Å². The predicted octanol–water partition coefficient (Wildman–Crippen LogP) is 1.49. The molecule has 0 aromatic heterocycles. The minimum Gasteiger partial charge on any atom is -0.481 e. The SMILES string of the molecule is CCN1CCN(C(=O)c2cc(CC(=O)O)c3c(c2)C(=O)c2cccc(CC(=O)O)c2C3=O)CC1. The van der Waals surface area contributed by atoms with Crippen LogP contribution in [0.4, 0.5) is 0 Å². The lowest BCUT2D eigenvalue weighted by Gasteiger charge is -2.34. The lowest BCUT2D eigenvalue weighted by molar-refractivity contribution is -0.137. The van der Waals surface area contributed by atoms with E-state index in [1.54, 1.807) is 4.90 Å². The highest BCUT2D eigenvalue weighted by Crippen LogP contribution is 2.33. The first-order valence-corrected chi connectivity index (χ1v) is 11.0. The number of ketones is 2. The second-order valence-corrected chi connectivity index (χ2v) is 8.42. The maximum atomic E-state index is 13.5. The van der Waals surface area contributed by atoms with E-state index in [2.05, 4.69) is 4.90 Å². The number of carboxylic acids is 2. The van der Waals surface area contributed by atoms with Gasteiger partial charge >= 0.3 is 11.9 Å². The third kappa shape index (κ3) is 4.22. The number of carbonyl (C=O) groups excluding carboxylic acids is 3. The van der Waals surface area contributed by atoms with Gasteiger partial charge in [-0.25, -0.2) is 0 Å². The molecule has 1 heterocycles. The molecule has 2 aromatic rings. The van der Waals surface area contributed by atoms with E-state index in [-0.39, 0.29) is 44.9 Å². The fraction of sp³-hybridized carbons (Fsp3) is 0.320. The Hall–Kier alpha value is -3.85. The Morgan fingerprint density at radius 2 is 1.44 bits per heavy atom. The number of carboxylic acid groups (broad SMARTS) is 2. The van der Waals surface area contributed by atoms with Crippen LogP contribution < -0.4 is 0 Å². The normalized spacial score (nSPS) is 15.6. The monoisotopic (exact) mass is 464 g/mol. The number of hydrogen-bond donors (Lipinski definition) is 2. The number of rotatable bonds is 6. The molecule has 176 valence electrons. The van der Waals surface area contributed by atoms with Crippen molar-refractivity contribution in [1.29, 1.82) is 0 Å². The summed E-state index contributed by atoms with van der Waals surface area (Å²) in [6, 6.07) is 7.15. The number of carbonyl (C=O) groups is 5. The van der Waals surface area contributed by atoms with Gasteiger partial charge in [0.05, 0.1) is 12.8 Å². The molecule has 0 unspecified atom stereocenters. The highest BCUT2D eigenvalue weighted by Gasteiger charge is 2.35. The fourth-order valence-electron chi connectivity index (χ4n) is 4.66. The molecule has 1 aliphatic heterocycles. The molecule has 9 heteroatoms. The Morgan fingerprint density at radius 3 is 2.06 bits per heavy atom. The smallest absolute Gasteiger partial charge is 0.307 e. The molecular weight excluding hydrogens is 440 g/mol. The topological polar surface area (TPSA) is 132 Å². The first-order valence-electron chi connectivity index (χ1n) is 11.0. The fourth-order valence-corrected chi connectivity index (χ4v) is 4.66. The number of benzene rings is 2. The number of piperazine rings is 1. The molecule has 0 saturated carbocycles. The number of nitrogens with zero attached hydrogens (tertiary/aromatic N) is 2. The molecule has 1 amide bonds. The van der Waals surface area contributed by atoms with Gasteiger partial charge in [0.25, 0.3) is 5.91 Å².